The smallest absolute Gasteiger partial charge is 0.0908 e. The van der Waals surface area contributed by atoms with E-state index < -0.39 is 5.60 Å². The van der Waals surface area contributed by atoms with Crippen LogP contribution in [0.5, 0.6) is 0 Å². The summed E-state index contributed by atoms with van der Waals surface area (Å²) in [5, 5.41) is 11.0. The summed E-state index contributed by atoms with van der Waals surface area (Å²) in [4.78, 5) is 0. The summed E-state index contributed by atoms with van der Waals surface area (Å²) < 4.78 is 0.839. The first-order valence-corrected chi connectivity index (χ1v) is 5.97. The minimum Gasteiger partial charge on any atom is -0.385 e. The van der Waals surface area contributed by atoms with E-state index in [1.54, 1.807) is 0 Å². The van der Waals surface area contributed by atoms with Crippen LogP contribution in [-0.4, -0.2) is 5.11 Å². The molecule has 14 heavy (non-hydrogen) atoms. The van der Waals surface area contributed by atoms with Crippen molar-refractivity contribution in [3.05, 3.63) is 33.3 Å². The second kappa shape index (κ2) is 3.84. The minimum atomic E-state index is -0.663. The van der Waals surface area contributed by atoms with Crippen LogP contribution in [-0.2, 0) is 5.60 Å². The van der Waals surface area contributed by atoms with E-state index in [1.807, 2.05) is 18.2 Å². The zero-order chi connectivity index (χ0) is 10.2. The molecule has 1 aromatic rings. The highest BCUT2D eigenvalue weighted by atomic mass is 79.9. The summed E-state index contributed by atoms with van der Waals surface area (Å²) in [6.45, 7) is 0. The Kier molecular flexibility index (Phi) is 2.87. The van der Waals surface area contributed by atoms with Gasteiger partial charge < -0.3 is 5.11 Å². The zero-order valence-electron chi connectivity index (χ0n) is 7.76. The Hall–Kier alpha value is -0.0500. The molecule has 1 aliphatic rings. The van der Waals surface area contributed by atoms with Gasteiger partial charge in [-0.3, -0.25) is 0 Å². The van der Waals surface area contributed by atoms with E-state index >= 15 is 0 Å². The molecule has 0 aromatic heterocycles. The van der Waals surface area contributed by atoms with Crippen molar-refractivity contribution in [1.82, 2.24) is 0 Å². The van der Waals surface area contributed by atoms with E-state index in [0.717, 1.165) is 35.7 Å². The summed E-state index contributed by atoms with van der Waals surface area (Å²) >= 11 is 9.43. The van der Waals surface area contributed by atoms with Gasteiger partial charge in [-0.2, -0.15) is 0 Å². The molecule has 0 unspecified atom stereocenters. The quantitative estimate of drug-likeness (QED) is 0.825. The lowest BCUT2D eigenvalue weighted by molar-refractivity contribution is 0.0437. The van der Waals surface area contributed by atoms with Crippen molar-refractivity contribution in [2.75, 3.05) is 0 Å². The fourth-order valence-corrected chi connectivity index (χ4v) is 2.90. The third-order valence-corrected chi connectivity index (χ3v) is 4.28. The zero-order valence-corrected chi connectivity index (χ0v) is 10.1. The molecular weight excluding hydrogens is 263 g/mol. The van der Waals surface area contributed by atoms with E-state index in [9.17, 15) is 5.11 Å². The molecule has 3 heteroatoms. The van der Waals surface area contributed by atoms with E-state index in [-0.39, 0.29) is 0 Å². The average Bonchev–Trinajstić information content (AvgIpc) is 2.58. The van der Waals surface area contributed by atoms with Crippen molar-refractivity contribution < 1.29 is 5.11 Å². The van der Waals surface area contributed by atoms with Gasteiger partial charge in [-0.15, -0.1) is 0 Å². The molecule has 0 bridgehead atoms. The number of halogens is 2. The van der Waals surface area contributed by atoms with Crippen LogP contribution in [0, 0.1) is 0 Å². The number of hydrogen-bond donors (Lipinski definition) is 1. The van der Waals surface area contributed by atoms with Gasteiger partial charge in [0.1, 0.15) is 0 Å². The van der Waals surface area contributed by atoms with Crippen LogP contribution in [0.15, 0.2) is 22.7 Å². The highest BCUT2D eigenvalue weighted by Gasteiger charge is 2.34. The van der Waals surface area contributed by atoms with E-state index in [2.05, 4.69) is 15.9 Å². The van der Waals surface area contributed by atoms with Crippen LogP contribution in [0.2, 0.25) is 5.02 Å². The summed E-state index contributed by atoms with van der Waals surface area (Å²) in [5.41, 5.74) is 0.270. The maximum atomic E-state index is 10.4. The first-order chi connectivity index (χ1) is 6.63. The van der Waals surface area contributed by atoms with Gasteiger partial charge in [0, 0.05) is 4.47 Å². The topological polar surface area (TPSA) is 20.2 Å². The Morgan fingerprint density at radius 2 is 1.93 bits per heavy atom. The van der Waals surface area contributed by atoms with Gasteiger partial charge in [-0.05, 0) is 40.4 Å². The van der Waals surface area contributed by atoms with Crippen LogP contribution >= 0.6 is 27.5 Å². The maximum Gasteiger partial charge on any atom is 0.0908 e. The van der Waals surface area contributed by atoms with Gasteiger partial charge in [0.05, 0.1) is 10.6 Å². The Morgan fingerprint density at radius 1 is 1.29 bits per heavy atom. The Balaban J connectivity index is 2.45. The van der Waals surface area contributed by atoms with Crippen molar-refractivity contribution in [3.63, 3.8) is 0 Å². The van der Waals surface area contributed by atoms with Crippen molar-refractivity contribution in [3.8, 4) is 0 Å². The molecule has 1 saturated carbocycles. The second-order valence-electron chi connectivity index (χ2n) is 3.84. The van der Waals surface area contributed by atoms with E-state index in [1.165, 1.54) is 0 Å². The first-order valence-electron chi connectivity index (χ1n) is 4.80. The Morgan fingerprint density at radius 3 is 2.57 bits per heavy atom. The van der Waals surface area contributed by atoms with Crippen LogP contribution in [0.25, 0.3) is 0 Å². The summed E-state index contributed by atoms with van der Waals surface area (Å²) in [5.74, 6) is 0. The van der Waals surface area contributed by atoms with Crippen LogP contribution in [0.1, 0.15) is 31.2 Å². The standard InChI is InChI=1S/C11H12BrClO/c12-10-8(4-3-5-9(10)13)11(14)6-1-2-7-11/h3-5,14H,1-2,6-7H2. The number of aliphatic hydroxyl groups is 1. The van der Waals surface area contributed by atoms with Crippen molar-refractivity contribution in [2.45, 2.75) is 31.3 Å². The minimum absolute atomic E-state index is 0.663. The van der Waals surface area contributed by atoms with E-state index in [0.29, 0.717) is 5.02 Å². The highest BCUT2D eigenvalue weighted by molar-refractivity contribution is 9.10. The van der Waals surface area contributed by atoms with Gasteiger partial charge in [0.25, 0.3) is 0 Å². The van der Waals surface area contributed by atoms with E-state index in [4.69, 9.17) is 11.6 Å². The lowest BCUT2D eigenvalue weighted by Gasteiger charge is -2.24. The molecule has 1 N–H and O–H groups in total. The van der Waals surface area contributed by atoms with Gasteiger partial charge in [-0.25, -0.2) is 0 Å². The number of benzene rings is 1. The molecule has 1 nitrogen and oxygen atoms in total. The monoisotopic (exact) mass is 274 g/mol. The summed E-state index contributed by atoms with van der Waals surface area (Å²) in [6, 6.07) is 5.66. The van der Waals surface area contributed by atoms with Crippen LogP contribution in [0.4, 0.5) is 0 Å². The van der Waals surface area contributed by atoms with Crippen molar-refractivity contribution >= 4 is 27.5 Å². The predicted molar refractivity (Wildman–Crippen MR) is 61.5 cm³/mol. The molecule has 76 valence electrons. The van der Waals surface area contributed by atoms with Crippen LogP contribution in [0.3, 0.4) is 0 Å². The van der Waals surface area contributed by atoms with Crippen molar-refractivity contribution in [2.24, 2.45) is 0 Å². The van der Waals surface area contributed by atoms with Gasteiger partial charge in [0.15, 0.2) is 0 Å². The van der Waals surface area contributed by atoms with Crippen LogP contribution < -0.4 is 0 Å². The predicted octanol–water partition coefficient (Wildman–Crippen LogP) is 3.86. The highest BCUT2D eigenvalue weighted by Crippen LogP contribution is 2.43. The molecule has 0 saturated heterocycles. The molecule has 0 aliphatic heterocycles. The normalized spacial score (nSPS) is 19.9. The van der Waals surface area contributed by atoms with Gasteiger partial charge in [-0.1, -0.05) is 36.6 Å². The largest absolute Gasteiger partial charge is 0.385 e. The number of rotatable bonds is 1. The fraction of sp³-hybridized carbons (Fsp3) is 0.455. The summed E-state index contributed by atoms with van der Waals surface area (Å²) in [6.07, 6.45) is 3.86. The molecule has 0 spiro atoms. The lowest BCUT2D eigenvalue weighted by atomic mass is 9.92. The molecule has 0 radical (unpaired) electrons. The first kappa shape index (κ1) is 10.5. The van der Waals surface area contributed by atoms with Gasteiger partial charge >= 0.3 is 0 Å². The molecule has 2 rings (SSSR count). The third-order valence-electron chi connectivity index (χ3n) is 2.88. The molecule has 0 heterocycles. The SMILES string of the molecule is OC1(c2cccc(Cl)c2Br)CCCC1. The maximum absolute atomic E-state index is 10.4. The molecule has 1 aliphatic carbocycles. The van der Waals surface area contributed by atoms with Gasteiger partial charge in [0.2, 0.25) is 0 Å². The fourth-order valence-electron chi connectivity index (χ4n) is 2.09. The number of hydrogen-bond acceptors (Lipinski definition) is 1. The molecule has 0 amide bonds. The lowest BCUT2D eigenvalue weighted by Crippen LogP contribution is -2.21. The Bertz CT molecular complexity index is 345. The average molecular weight is 276 g/mol. The molecular formula is C11H12BrClO. The molecule has 1 fully saturated rings. The molecule has 0 atom stereocenters. The second-order valence-corrected chi connectivity index (χ2v) is 5.04. The summed E-state index contributed by atoms with van der Waals surface area (Å²) in [7, 11) is 0. The Labute approximate surface area is 97.2 Å². The third kappa shape index (κ3) is 1.71. The molecule has 1 aromatic carbocycles. The van der Waals surface area contributed by atoms with Crippen molar-refractivity contribution in [1.29, 1.82) is 0 Å².